The fourth-order valence-electron chi connectivity index (χ4n) is 1.47. The molecular weight excluding hydrogens is 156 g/mol. The zero-order chi connectivity index (χ0) is 9.10. The van der Waals surface area contributed by atoms with Crippen LogP contribution in [0, 0.1) is 0 Å². The molecule has 2 aliphatic carbocycles. The second-order valence-corrected chi connectivity index (χ2v) is 3.34. The molecule has 0 N–H and O–H groups in total. The second kappa shape index (κ2) is 3.49. The van der Waals surface area contributed by atoms with Crippen molar-refractivity contribution in [3.05, 3.63) is 58.6 Å². The van der Waals surface area contributed by atoms with Gasteiger partial charge in [-0.3, -0.25) is 0 Å². The fraction of sp³-hybridized carbons (Fsp3) is 0.231. The number of allylic oxidation sites excluding steroid dienone is 8. The lowest BCUT2D eigenvalue weighted by atomic mass is 9.96. The summed E-state index contributed by atoms with van der Waals surface area (Å²) in [6, 6.07) is 0. The van der Waals surface area contributed by atoms with Crippen LogP contribution in [0.5, 0.6) is 0 Å². The Kier molecular flexibility index (Phi) is 2.19. The Labute approximate surface area is 79.0 Å². The minimum atomic E-state index is 1.13. The SMILES string of the molecule is CC1=C=C=C(C2=CC=CCC2)C=C1. The van der Waals surface area contributed by atoms with Crippen LogP contribution in [0.2, 0.25) is 0 Å². The van der Waals surface area contributed by atoms with E-state index < -0.39 is 0 Å². The van der Waals surface area contributed by atoms with E-state index in [-0.39, 0.29) is 0 Å². The van der Waals surface area contributed by atoms with Crippen LogP contribution >= 0.6 is 0 Å². The van der Waals surface area contributed by atoms with E-state index in [1.165, 1.54) is 11.1 Å². The lowest BCUT2D eigenvalue weighted by molar-refractivity contribution is 0.978. The highest BCUT2D eigenvalue weighted by Gasteiger charge is 2.03. The highest BCUT2D eigenvalue weighted by atomic mass is 14.1. The van der Waals surface area contributed by atoms with Crippen LogP contribution < -0.4 is 0 Å². The Balaban J connectivity index is 2.38. The van der Waals surface area contributed by atoms with Crippen molar-refractivity contribution < 1.29 is 0 Å². The van der Waals surface area contributed by atoms with Crippen molar-refractivity contribution in [3.8, 4) is 0 Å². The first kappa shape index (κ1) is 8.13. The van der Waals surface area contributed by atoms with Crippen molar-refractivity contribution >= 4 is 0 Å². The molecule has 0 aromatic heterocycles. The number of rotatable bonds is 1. The van der Waals surface area contributed by atoms with Crippen LogP contribution in [0.15, 0.2) is 58.6 Å². The monoisotopic (exact) mass is 168 g/mol. The van der Waals surface area contributed by atoms with Gasteiger partial charge in [0.15, 0.2) is 0 Å². The standard InChI is InChI=1S/C13H12/c1-11-7-9-13(10-8-11)12-5-3-2-4-6-12/h2-3,5,7,9H,4,6H2,1H3. The van der Waals surface area contributed by atoms with E-state index in [0.29, 0.717) is 0 Å². The van der Waals surface area contributed by atoms with Crippen molar-refractivity contribution in [1.29, 1.82) is 0 Å². The van der Waals surface area contributed by atoms with Gasteiger partial charge in [-0.15, -0.1) is 0 Å². The highest BCUT2D eigenvalue weighted by Crippen LogP contribution is 2.21. The quantitative estimate of drug-likeness (QED) is 0.526. The first-order valence-corrected chi connectivity index (χ1v) is 4.63. The van der Waals surface area contributed by atoms with E-state index in [9.17, 15) is 0 Å². The van der Waals surface area contributed by atoms with Crippen molar-refractivity contribution in [1.82, 2.24) is 0 Å². The van der Waals surface area contributed by atoms with Gasteiger partial charge in [0.25, 0.3) is 0 Å². The van der Waals surface area contributed by atoms with Gasteiger partial charge in [0, 0.05) is 5.57 Å². The van der Waals surface area contributed by atoms with Gasteiger partial charge in [-0.25, -0.2) is 0 Å². The minimum absolute atomic E-state index is 1.13. The van der Waals surface area contributed by atoms with Crippen molar-refractivity contribution in [2.24, 2.45) is 0 Å². The summed E-state index contributed by atoms with van der Waals surface area (Å²) < 4.78 is 0. The lowest BCUT2D eigenvalue weighted by Crippen LogP contribution is -1.90. The van der Waals surface area contributed by atoms with Crippen molar-refractivity contribution in [2.45, 2.75) is 19.8 Å². The third-order valence-electron chi connectivity index (χ3n) is 2.25. The van der Waals surface area contributed by atoms with E-state index in [2.05, 4.69) is 41.8 Å². The summed E-state index contributed by atoms with van der Waals surface area (Å²) in [4.78, 5) is 0. The van der Waals surface area contributed by atoms with Gasteiger partial charge in [-0.1, -0.05) is 29.7 Å². The molecule has 0 aromatic rings. The van der Waals surface area contributed by atoms with Crippen LogP contribution in [0.1, 0.15) is 19.8 Å². The van der Waals surface area contributed by atoms with Crippen molar-refractivity contribution in [3.63, 3.8) is 0 Å². The molecule has 0 spiro atoms. The van der Waals surface area contributed by atoms with Crippen LogP contribution in [0.25, 0.3) is 0 Å². The third kappa shape index (κ3) is 1.81. The molecule has 13 heavy (non-hydrogen) atoms. The molecule has 0 heteroatoms. The van der Waals surface area contributed by atoms with Gasteiger partial charge < -0.3 is 0 Å². The summed E-state index contributed by atoms with van der Waals surface area (Å²) in [5.74, 6) is 0. The van der Waals surface area contributed by atoms with Crippen LogP contribution in [-0.4, -0.2) is 0 Å². The largest absolute Gasteiger partial charge is 0.0842 e. The molecule has 0 aliphatic heterocycles. The number of hydrogen-bond donors (Lipinski definition) is 0. The molecule has 0 nitrogen and oxygen atoms in total. The van der Waals surface area contributed by atoms with Crippen LogP contribution in [0.3, 0.4) is 0 Å². The Bertz CT molecular complexity index is 401. The van der Waals surface area contributed by atoms with Gasteiger partial charge in [0.05, 0.1) is 0 Å². The summed E-state index contributed by atoms with van der Waals surface area (Å²) in [5, 5.41) is 0. The molecule has 0 fully saturated rings. The van der Waals surface area contributed by atoms with E-state index >= 15 is 0 Å². The lowest BCUT2D eigenvalue weighted by Gasteiger charge is -2.08. The maximum Gasteiger partial charge on any atom is 0.0281 e. The van der Waals surface area contributed by atoms with Crippen LogP contribution in [-0.2, 0) is 0 Å². The first-order valence-electron chi connectivity index (χ1n) is 4.63. The normalized spacial score (nSPS) is 19.6. The Hall–Kier alpha value is -1.48. The number of hydrogen-bond acceptors (Lipinski definition) is 0. The fourth-order valence-corrected chi connectivity index (χ4v) is 1.47. The predicted molar refractivity (Wildman–Crippen MR) is 55.3 cm³/mol. The Morgan fingerprint density at radius 1 is 1.23 bits per heavy atom. The van der Waals surface area contributed by atoms with Crippen molar-refractivity contribution in [2.75, 3.05) is 0 Å². The molecule has 0 saturated heterocycles. The van der Waals surface area contributed by atoms with E-state index in [1.807, 2.05) is 6.92 Å². The summed E-state index contributed by atoms with van der Waals surface area (Å²) in [6.45, 7) is 2.04. The zero-order valence-corrected chi connectivity index (χ0v) is 7.80. The summed E-state index contributed by atoms with van der Waals surface area (Å²) in [7, 11) is 0. The molecule has 0 saturated carbocycles. The van der Waals surface area contributed by atoms with Gasteiger partial charge in [-0.2, -0.15) is 0 Å². The van der Waals surface area contributed by atoms with Gasteiger partial charge in [0.1, 0.15) is 0 Å². The smallest absolute Gasteiger partial charge is 0.0281 e. The molecule has 0 radical (unpaired) electrons. The van der Waals surface area contributed by atoms with Gasteiger partial charge in [-0.05, 0) is 43.1 Å². The summed E-state index contributed by atoms with van der Waals surface area (Å²) >= 11 is 0. The highest BCUT2D eigenvalue weighted by molar-refractivity contribution is 5.46. The van der Waals surface area contributed by atoms with Gasteiger partial charge >= 0.3 is 0 Å². The molecule has 0 unspecified atom stereocenters. The molecule has 0 amide bonds. The molecule has 2 aliphatic rings. The zero-order valence-electron chi connectivity index (χ0n) is 7.80. The summed E-state index contributed by atoms with van der Waals surface area (Å²) in [5.41, 5.74) is 10.00. The predicted octanol–water partition coefficient (Wildman–Crippen LogP) is 3.46. The molecule has 0 bridgehead atoms. The summed E-state index contributed by atoms with van der Waals surface area (Å²) in [6.07, 6.45) is 13.0. The van der Waals surface area contributed by atoms with Crippen LogP contribution in [0.4, 0.5) is 0 Å². The maximum absolute atomic E-state index is 3.18. The average molecular weight is 168 g/mol. The molecule has 0 aromatic carbocycles. The molecular formula is C13H12. The molecule has 64 valence electrons. The molecule has 0 heterocycles. The second-order valence-electron chi connectivity index (χ2n) is 3.34. The van der Waals surface area contributed by atoms with Gasteiger partial charge in [0.2, 0.25) is 0 Å². The Morgan fingerprint density at radius 2 is 2.15 bits per heavy atom. The third-order valence-corrected chi connectivity index (χ3v) is 2.25. The first-order chi connectivity index (χ1) is 6.36. The maximum atomic E-state index is 3.18. The van der Waals surface area contributed by atoms with E-state index in [0.717, 1.165) is 18.4 Å². The minimum Gasteiger partial charge on any atom is -0.0842 e. The van der Waals surface area contributed by atoms with E-state index in [4.69, 9.17) is 0 Å². The topological polar surface area (TPSA) is 0 Å². The average Bonchev–Trinajstić information content (AvgIpc) is 2.20. The molecule has 2 rings (SSSR count). The van der Waals surface area contributed by atoms with E-state index in [1.54, 1.807) is 0 Å². The Morgan fingerprint density at radius 3 is 2.77 bits per heavy atom. The molecule has 0 atom stereocenters.